The third-order valence-electron chi connectivity index (χ3n) is 3.76. The summed E-state index contributed by atoms with van der Waals surface area (Å²) in [6, 6.07) is 19.3. The molecule has 1 atom stereocenters. The Morgan fingerprint density at radius 3 is 2.42 bits per heavy atom. The summed E-state index contributed by atoms with van der Waals surface area (Å²) in [6.45, 7) is 0.334. The molecule has 0 saturated heterocycles. The molecule has 0 saturated carbocycles. The fourth-order valence-electron chi connectivity index (χ4n) is 2.54. The first-order chi connectivity index (χ1) is 11.9. The fraction of sp³-hybridized carbons (Fsp3) is 0.158. The van der Waals surface area contributed by atoms with Crippen molar-refractivity contribution in [1.29, 1.82) is 0 Å². The highest BCUT2D eigenvalue weighted by atomic mass is 16.7. The number of aromatic amines is 1. The van der Waals surface area contributed by atoms with Gasteiger partial charge >= 0.3 is 0 Å². The van der Waals surface area contributed by atoms with Crippen LogP contribution in [0.5, 0.6) is 0 Å². The summed E-state index contributed by atoms with van der Waals surface area (Å²) in [5, 5.41) is 1.37. The Hall–Kier alpha value is -2.92. The van der Waals surface area contributed by atoms with Gasteiger partial charge in [-0.05, 0) is 11.1 Å². The van der Waals surface area contributed by atoms with Gasteiger partial charge in [0.2, 0.25) is 6.41 Å². The van der Waals surface area contributed by atoms with Gasteiger partial charge < -0.3 is 4.98 Å². The van der Waals surface area contributed by atoms with Crippen LogP contribution in [-0.2, 0) is 22.7 Å². The summed E-state index contributed by atoms with van der Waals surface area (Å²) in [5.41, 5.74) is 2.00. The summed E-state index contributed by atoms with van der Waals surface area (Å²) in [7, 11) is 0. The number of hydrogen-bond acceptors (Lipinski definition) is 3. The van der Waals surface area contributed by atoms with E-state index in [-0.39, 0.29) is 6.04 Å². The van der Waals surface area contributed by atoms with Crippen molar-refractivity contribution >= 4 is 6.41 Å². The predicted molar refractivity (Wildman–Crippen MR) is 90.6 cm³/mol. The lowest BCUT2D eigenvalue weighted by atomic mass is 10.0. The normalized spacial score (nSPS) is 11.8. The van der Waals surface area contributed by atoms with Gasteiger partial charge in [0.1, 0.15) is 12.4 Å². The molecule has 1 unspecified atom stereocenters. The second kappa shape index (κ2) is 8.08. The lowest BCUT2D eigenvalue weighted by molar-refractivity contribution is -0.194. The van der Waals surface area contributed by atoms with E-state index in [0.717, 1.165) is 23.4 Å². The molecule has 0 radical (unpaired) electrons. The Morgan fingerprint density at radius 2 is 1.79 bits per heavy atom. The van der Waals surface area contributed by atoms with Gasteiger partial charge in [-0.1, -0.05) is 60.7 Å². The van der Waals surface area contributed by atoms with Crippen LogP contribution in [0.3, 0.4) is 0 Å². The van der Waals surface area contributed by atoms with Crippen LogP contribution < -0.4 is 0 Å². The largest absolute Gasteiger partial charge is 0.349 e. The van der Waals surface area contributed by atoms with E-state index in [1.54, 1.807) is 12.4 Å². The smallest absolute Gasteiger partial charge is 0.233 e. The monoisotopic (exact) mass is 321 g/mol. The van der Waals surface area contributed by atoms with Crippen LogP contribution >= 0.6 is 0 Å². The second-order valence-electron chi connectivity index (χ2n) is 5.39. The molecule has 3 rings (SSSR count). The molecular formula is C19H19N3O2. The maximum absolute atomic E-state index is 11.6. The molecule has 2 aromatic carbocycles. The summed E-state index contributed by atoms with van der Waals surface area (Å²) in [5.74, 6) is 0.805. The highest BCUT2D eigenvalue weighted by Gasteiger charge is 2.22. The molecule has 5 nitrogen and oxygen atoms in total. The van der Waals surface area contributed by atoms with Gasteiger partial charge in [-0.2, -0.15) is 0 Å². The predicted octanol–water partition coefficient (Wildman–Crippen LogP) is 3.28. The lowest BCUT2D eigenvalue weighted by Gasteiger charge is -2.27. The van der Waals surface area contributed by atoms with Crippen LogP contribution in [-0.4, -0.2) is 21.4 Å². The van der Waals surface area contributed by atoms with E-state index >= 15 is 0 Å². The van der Waals surface area contributed by atoms with Crippen molar-refractivity contribution in [2.24, 2.45) is 0 Å². The molecule has 3 aromatic rings. The minimum atomic E-state index is -0.251. The molecule has 0 aliphatic heterocycles. The maximum atomic E-state index is 11.6. The zero-order chi connectivity index (χ0) is 16.6. The van der Waals surface area contributed by atoms with Gasteiger partial charge in [-0.25, -0.2) is 10.0 Å². The first-order valence-corrected chi connectivity index (χ1v) is 7.80. The number of imidazole rings is 1. The molecule has 0 fully saturated rings. The van der Waals surface area contributed by atoms with Crippen LogP contribution in [0.2, 0.25) is 0 Å². The third-order valence-corrected chi connectivity index (χ3v) is 3.76. The molecule has 5 heteroatoms. The molecule has 24 heavy (non-hydrogen) atoms. The van der Waals surface area contributed by atoms with E-state index in [1.807, 2.05) is 60.7 Å². The number of aromatic nitrogens is 2. The second-order valence-corrected chi connectivity index (χ2v) is 5.39. The summed E-state index contributed by atoms with van der Waals surface area (Å²) < 4.78 is 0. The fourth-order valence-corrected chi connectivity index (χ4v) is 2.54. The third kappa shape index (κ3) is 4.08. The SMILES string of the molecule is O=CN(OCc1ccccc1)C(Cc1ncc[nH]1)c1ccccc1. The van der Waals surface area contributed by atoms with E-state index < -0.39 is 0 Å². The van der Waals surface area contributed by atoms with Gasteiger partial charge in [0.25, 0.3) is 0 Å². The van der Waals surface area contributed by atoms with Crippen LogP contribution in [0.15, 0.2) is 73.1 Å². The summed E-state index contributed by atoms with van der Waals surface area (Å²) in [6.07, 6.45) is 4.75. The Labute approximate surface area is 140 Å². The van der Waals surface area contributed by atoms with Crippen molar-refractivity contribution in [2.45, 2.75) is 19.1 Å². The standard InChI is InChI=1S/C19H19N3O2/c23-15-22(24-14-16-7-3-1-4-8-16)18(13-19-20-11-12-21-19)17-9-5-2-6-10-17/h1-12,15,18H,13-14H2,(H,20,21). The first kappa shape index (κ1) is 16.0. The van der Waals surface area contributed by atoms with Crippen LogP contribution in [0.4, 0.5) is 0 Å². The quantitative estimate of drug-likeness (QED) is 0.511. The van der Waals surface area contributed by atoms with Gasteiger partial charge in [-0.15, -0.1) is 0 Å². The van der Waals surface area contributed by atoms with Crippen LogP contribution in [0.1, 0.15) is 23.0 Å². The molecule has 1 heterocycles. The number of H-pyrrole nitrogens is 1. The molecule has 0 spiro atoms. The van der Waals surface area contributed by atoms with E-state index in [4.69, 9.17) is 4.84 Å². The molecule has 1 aromatic heterocycles. The van der Waals surface area contributed by atoms with E-state index in [0.29, 0.717) is 13.0 Å². The van der Waals surface area contributed by atoms with Crippen molar-refractivity contribution in [3.8, 4) is 0 Å². The number of carbonyl (C=O) groups excluding carboxylic acids is 1. The minimum absolute atomic E-state index is 0.251. The molecule has 0 aliphatic carbocycles. The van der Waals surface area contributed by atoms with Crippen LogP contribution in [0.25, 0.3) is 0 Å². The Bertz CT molecular complexity index is 730. The number of amides is 1. The van der Waals surface area contributed by atoms with E-state index in [9.17, 15) is 4.79 Å². The number of hydroxylamine groups is 2. The number of rotatable bonds is 8. The number of benzene rings is 2. The molecular weight excluding hydrogens is 302 g/mol. The van der Waals surface area contributed by atoms with E-state index in [1.165, 1.54) is 5.06 Å². The summed E-state index contributed by atoms with van der Waals surface area (Å²) >= 11 is 0. The van der Waals surface area contributed by atoms with Crippen molar-refractivity contribution in [2.75, 3.05) is 0 Å². The minimum Gasteiger partial charge on any atom is -0.349 e. The molecule has 0 aliphatic rings. The van der Waals surface area contributed by atoms with Crippen molar-refractivity contribution in [3.63, 3.8) is 0 Å². The number of nitrogens with one attached hydrogen (secondary N) is 1. The van der Waals surface area contributed by atoms with Gasteiger partial charge in [0, 0.05) is 18.8 Å². The zero-order valence-electron chi connectivity index (χ0n) is 13.2. The van der Waals surface area contributed by atoms with E-state index in [2.05, 4.69) is 9.97 Å². The van der Waals surface area contributed by atoms with Gasteiger partial charge in [-0.3, -0.25) is 9.63 Å². The zero-order valence-corrected chi connectivity index (χ0v) is 13.2. The highest BCUT2D eigenvalue weighted by molar-refractivity contribution is 5.47. The highest BCUT2D eigenvalue weighted by Crippen LogP contribution is 2.24. The number of hydrogen-bond donors (Lipinski definition) is 1. The average molecular weight is 321 g/mol. The molecule has 0 bridgehead atoms. The lowest BCUT2D eigenvalue weighted by Crippen LogP contribution is -2.29. The maximum Gasteiger partial charge on any atom is 0.233 e. The Balaban J connectivity index is 1.78. The Morgan fingerprint density at radius 1 is 1.08 bits per heavy atom. The van der Waals surface area contributed by atoms with Crippen molar-refractivity contribution < 1.29 is 9.63 Å². The van der Waals surface area contributed by atoms with Gasteiger partial charge in [0.05, 0.1) is 6.04 Å². The first-order valence-electron chi connectivity index (χ1n) is 7.80. The van der Waals surface area contributed by atoms with Crippen molar-refractivity contribution in [1.82, 2.24) is 15.0 Å². The van der Waals surface area contributed by atoms with Gasteiger partial charge in [0.15, 0.2) is 0 Å². The Kier molecular flexibility index (Phi) is 5.37. The average Bonchev–Trinajstić information content (AvgIpc) is 3.16. The number of nitrogens with zero attached hydrogens (tertiary/aromatic N) is 2. The molecule has 1 amide bonds. The topological polar surface area (TPSA) is 58.2 Å². The molecule has 1 N–H and O–H groups in total. The molecule has 122 valence electrons. The summed E-state index contributed by atoms with van der Waals surface area (Å²) in [4.78, 5) is 24.7. The number of carbonyl (C=O) groups is 1. The van der Waals surface area contributed by atoms with Crippen molar-refractivity contribution in [3.05, 3.63) is 90.0 Å². The van der Waals surface area contributed by atoms with Crippen LogP contribution in [0, 0.1) is 0 Å².